The van der Waals surface area contributed by atoms with Gasteiger partial charge in [0.1, 0.15) is 5.01 Å². The minimum atomic E-state index is -0.279. The molecule has 0 aliphatic carbocycles. The number of nitrogens with one attached hydrogen (secondary N) is 2. The third-order valence-electron chi connectivity index (χ3n) is 3.98. The molecule has 0 aliphatic heterocycles. The summed E-state index contributed by atoms with van der Waals surface area (Å²) in [7, 11) is 0. The summed E-state index contributed by atoms with van der Waals surface area (Å²) >= 11 is 4.36. The zero-order chi connectivity index (χ0) is 20.6. The maximum Gasteiger partial charge on any atom is 0.286 e. The quantitative estimate of drug-likeness (QED) is 0.502. The summed E-state index contributed by atoms with van der Waals surface area (Å²) in [5.41, 5.74) is 0.714. The van der Waals surface area contributed by atoms with Gasteiger partial charge in [-0.15, -0.1) is 33.3 Å². The molecule has 0 fully saturated rings. The number of thiophene rings is 1. The van der Waals surface area contributed by atoms with Crippen molar-refractivity contribution in [3.8, 4) is 0 Å². The van der Waals surface area contributed by atoms with Crippen LogP contribution in [0.3, 0.4) is 0 Å². The fourth-order valence-corrected chi connectivity index (χ4v) is 5.16. The molecule has 2 aromatic heterocycles. The van der Waals surface area contributed by atoms with Crippen molar-refractivity contribution in [2.45, 2.75) is 25.6 Å². The van der Waals surface area contributed by atoms with E-state index in [1.807, 2.05) is 47.8 Å². The molecule has 2 amide bonds. The average molecular weight is 447 g/mol. The molecule has 6 nitrogen and oxygen atoms in total. The summed E-state index contributed by atoms with van der Waals surface area (Å²) in [6.07, 6.45) is 0. The van der Waals surface area contributed by atoms with E-state index < -0.39 is 0 Å². The van der Waals surface area contributed by atoms with Crippen LogP contribution in [0.25, 0.3) is 0 Å². The molecule has 0 spiro atoms. The highest BCUT2D eigenvalue weighted by atomic mass is 32.2. The molecule has 0 saturated heterocycles. The molecule has 0 saturated carbocycles. The normalized spacial score (nSPS) is 12.0. The van der Waals surface area contributed by atoms with Crippen LogP contribution in [0.1, 0.15) is 39.6 Å². The summed E-state index contributed by atoms with van der Waals surface area (Å²) in [5, 5.41) is 17.0. The highest BCUT2D eigenvalue weighted by Gasteiger charge is 2.19. The van der Waals surface area contributed by atoms with Crippen molar-refractivity contribution in [1.29, 1.82) is 0 Å². The van der Waals surface area contributed by atoms with E-state index in [1.54, 1.807) is 11.3 Å². The molecule has 1 atom stereocenters. The van der Waals surface area contributed by atoms with Gasteiger partial charge in [-0.25, -0.2) is 0 Å². The van der Waals surface area contributed by atoms with Crippen molar-refractivity contribution in [3.05, 3.63) is 62.7 Å². The van der Waals surface area contributed by atoms with Gasteiger partial charge in [0.2, 0.25) is 10.9 Å². The minimum absolute atomic E-state index is 0.00587. The Morgan fingerprint density at radius 2 is 1.90 bits per heavy atom. The number of aromatic nitrogens is 2. The fraction of sp³-hybridized carbons (Fsp3) is 0.300. The van der Waals surface area contributed by atoms with Crippen LogP contribution in [0, 0.1) is 5.92 Å². The van der Waals surface area contributed by atoms with Crippen LogP contribution in [0.5, 0.6) is 0 Å². The number of benzene rings is 1. The highest BCUT2D eigenvalue weighted by molar-refractivity contribution is 7.99. The average Bonchev–Trinajstić information content (AvgIpc) is 3.39. The van der Waals surface area contributed by atoms with E-state index >= 15 is 0 Å². The van der Waals surface area contributed by atoms with Crippen LogP contribution in [0.15, 0.2) is 47.8 Å². The Kier molecular flexibility index (Phi) is 7.79. The molecular weight excluding hydrogens is 424 g/mol. The zero-order valence-electron chi connectivity index (χ0n) is 16.1. The highest BCUT2D eigenvalue weighted by Crippen LogP contribution is 2.26. The van der Waals surface area contributed by atoms with Crippen molar-refractivity contribution in [2.24, 2.45) is 5.92 Å². The number of hydrogen-bond acceptors (Lipinski definition) is 7. The van der Waals surface area contributed by atoms with E-state index in [9.17, 15) is 9.59 Å². The smallest absolute Gasteiger partial charge is 0.286 e. The van der Waals surface area contributed by atoms with E-state index in [2.05, 4.69) is 34.7 Å². The molecule has 3 aromatic rings. The molecule has 2 N–H and O–H groups in total. The van der Waals surface area contributed by atoms with Gasteiger partial charge in [-0.1, -0.05) is 49.4 Å². The van der Waals surface area contributed by atoms with Crippen LogP contribution in [-0.4, -0.2) is 27.8 Å². The van der Waals surface area contributed by atoms with Gasteiger partial charge in [0.05, 0.1) is 11.8 Å². The summed E-state index contributed by atoms with van der Waals surface area (Å²) < 4.78 is 0. The summed E-state index contributed by atoms with van der Waals surface area (Å²) in [5.74, 6) is 0.901. The lowest BCUT2D eigenvalue weighted by molar-refractivity contribution is -0.119. The number of carbonyl (C=O) groups is 2. The fourth-order valence-electron chi connectivity index (χ4n) is 2.59. The van der Waals surface area contributed by atoms with Gasteiger partial charge in [0.15, 0.2) is 0 Å². The van der Waals surface area contributed by atoms with Crippen LogP contribution < -0.4 is 10.6 Å². The molecule has 0 aliphatic rings. The van der Waals surface area contributed by atoms with Crippen molar-refractivity contribution in [3.63, 3.8) is 0 Å². The van der Waals surface area contributed by atoms with Crippen molar-refractivity contribution >= 4 is 51.9 Å². The van der Waals surface area contributed by atoms with Gasteiger partial charge in [-0.05, 0) is 29.5 Å². The Hall–Kier alpha value is -2.23. The molecule has 9 heteroatoms. The van der Waals surface area contributed by atoms with Gasteiger partial charge in [-0.3, -0.25) is 9.59 Å². The van der Waals surface area contributed by atoms with Gasteiger partial charge < -0.3 is 10.6 Å². The largest absolute Gasteiger partial charge is 0.348 e. The molecule has 152 valence electrons. The van der Waals surface area contributed by atoms with E-state index in [0.717, 1.165) is 9.88 Å². The van der Waals surface area contributed by atoms with Gasteiger partial charge in [0, 0.05) is 16.3 Å². The predicted molar refractivity (Wildman–Crippen MR) is 121 cm³/mol. The Balaban J connectivity index is 1.46. The monoisotopic (exact) mass is 446 g/mol. The lowest BCUT2D eigenvalue weighted by atomic mass is 10.0. The number of nitrogens with zero attached hydrogens (tertiary/aromatic N) is 2. The molecule has 0 bridgehead atoms. The van der Waals surface area contributed by atoms with Gasteiger partial charge in [0.25, 0.3) is 5.91 Å². The Morgan fingerprint density at radius 3 is 2.59 bits per heavy atom. The number of carbonyl (C=O) groups excluding carboxylic acids is 2. The predicted octanol–water partition coefficient (Wildman–Crippen LogP) is 4.60. The maximum atomic E-state index is 12.3. The maximum absolute atomic E-state index is 12.3. The van der Waals surface area contributed by atoms with E-state index in [0.29, 0.717) is 28.1 Å². The number of hydrogen-bond donors (Lipinski definition) is 2. The second kappa shape index (κ2) is 10.5. The molecule has 0 unspecified atom stereocenters. The topological polar surface area (TPSA) is 84.0 Å². The molecule has 0 radical (unpaired) electrons. The van der Waals surface area contributed by atoms with Crippen molar-refractivity contribution < 1.29 is 9.59 Å². The Morgan fingerprint density at radius 1 is 1.10 bits per heavy atom. The zero-order valence-corrected chi connectivity index (χ0v) is 18.6. The number of para-hydroxylation sites is 1. The molecule has 1 aromatic carbocycles. The Bertz CT molecular complexity index is 926. The second-order valence-electron chi connectivity index (χ2n) is 6.62. The van der Waals surface area contributed by atoms with Crippen LogP contribution in [-0.2, 0) is 10.5 Å². The molecule has 3 rings (SSSR count). The SMILES string of the molecule is CC(C)[C@@H](NC(=O)CSCc1nnc(C(=O)Nc2ccccc2)s1)c1cccs1. The molecule has 29 heavy (non-hydrogen) atoms. The number of amides is 2. The van der Waals surface area contributed by atoms with Crippen molar-refractivity contribution in [1.82, 2.24) is 15.5 Å². The lowest BCUT2D eigenvalue weighted by Gasteiger charge is -2.21. The lowest BCUT2D eigenvalue weighted by Crippen LogP contribution is -2.32. The summed E-state index contributed by atoms with van der Waals surface area (Å²) in [4.78, 5) is 25.7. The summed E-state index contributed by atoms with van der Waals surface area (Å²) in [6.45, 7) is 4.20. The van der Waals surface area contributed by atoms with E-state index in [4.69, 9.17) is 0 Å². The minimum Gasteiger partial charge on any atom is -0.348 e. The first kappa shape index (κ1) is 21.5. The van der Waals surface area contributed by atoms with Crippen LogP contribution >= 0.6 is 34.4 Å². The number of anilines is 1. The first-order chi connectivity index (χ1) is 14.0. The third kappa shape index (κ3) is 6.38. The van der Waals surface area contributed by atoms with Crippen LogP contribution in [0.4, 0.5) is 5.69 Å². The number of thioether (sulfide) groups is 1. The summed E-state index contributed by atoms with van der Waals surface area (Å²) in [6, 6.07) is 13.3. The van der Waals surface area contributed by atoms with Crippen LogP contribution in [0.2, 0.25) is 0 Å². The molecular formula is C20H22N4O2S3. The third-order valence-corrected chi connectivity index (χ3v) is 6.99. The standard InChI is InChI=1S/C20H22N4O2S3/c1-13(2)18(15-9-6-10-28-15)22-16(25)11-27-12-17-23-24-20(29-17)19(26)21-14-7-4-3-5-8-14/h3-10,13,18H,11-12H2,1-2H3,(H,21,26)(H,22,25)/t18-/m1/s1. The van der Waals surface area contributed by atoms with E-state index in [-0.39, 0.29) is 17.9 Å². The van der Waals surface area contributed by atoms with E-state index in [1.165, 1.54) is 23.1 Å². The first-order valence-electron chi connectivity index (χ1n) is 9.12. The first-order valence-corrected chi connectivity index (χ1v) is 12.0. The Labute approximate surface area is 182 Å². The molecule has 2 heterocycles. The number of rotatable bonds is 9. The van der Waals surface area contributed by atoms with Gasteiger partial charge in [-0.2, -0.15) is 0 Å². The van der Waals surface area contributed by atoms with Crippen molar-refractivity contribution in [2.75, 3.05) is 11.1 Å². The van der Waals surface area contributed by atoms with Gasteiger partial charge >= 0.3 is 0 Å². The second-order valence-corrected chi connectivity index (χ2v) is 9.65.